The standard InChI is InChI=1S/C32H20F12N2.Pt/c1-27(2)19-11-15(17(29(33,34)35)13-21(19)31(39,40)41)24-8-6-10-26(46-24)28(3,4)20-12-16(23-7-5-9-25(27)45-23)18(30(36,37)38)14-22(20)32(42,43)44;/h5-10,13-14H,1-4H3;/q-2;+2. The van der Waals surface area contributed by atoms with Gasteiger partial charge in [0.15, 0.2) is 0 Å². The zero-order chi connectivity index (χ0) is 34.4. The van der Waals surface area contributed by atoms with Crippen molar-refractivity contribution >= 4 is 0 Å². The fourth-order valence-corrected chi connectivity index (χ4v) is 5.48. The first-order chi connectivity index (χ1) is 20.8. The van der Waals surface area contributed by atoms with Gasteiger partial charge >= 0.3 is 45.8 Å². The monoisotopic (exact) mass is 855 g/mol. The van der Waals surface area contributed by atoms with Crippen molar-refractivity contribution in [2.75, 3.05) is 0 Å². The fourth-order valence-electron chi connectivity index (χ4n) is 5.48. The summed E-state index contributed by atoms with van der Waals surface area (Å²) in [6.45, 7) is 4.62. The third-order valence-electron chi connectivity index (χ3n) is 7.92. The molecule has 8 bridgehead atoms. The maximum absolute atomic E-state index is 14.4. The quantitative estimate of drug-likeness (QED) is 0.130. The van der Waals surface area contributed by atoms with E-state index in [1.54, 1.807) is 0 Å². The number of hydrogen-bond donors (Lipinski definition) is 0. The van der Waals surface area contributed by atoms with E-state index >= 15 is 0 Å². The summed E-state index contributed by atoms with van der Waals surface area (Å²) in [6.07, 6.45) is -21.4. The van der Waals surface area contributed by atoms with Gasteiger partial charge in [-0.3, -0.25) is 0 Å². The summed E-state index contributed by atoms with van der Waals surface area (Å²) in [5.74, 6) is 0. The number of aromatic nitrogens is 2. The van der Waals surface area contributed by atoms with Crippen molar-refractivity contribution in [3.63, 3.8) is 0 Å². The van der Waals surface area contributed by atoms with Gasteiger partial charge in [-0.25, -0.2) is 0 Å². The summed E-state index contributed by atoms with van der Waals surface area (Å²) in [4.78, 5) is 8.28. The van der Waals surface area contributed by atoms with Gasteiger partial charge in [0.05, 0.1) is 0 Å². The van der Waals surface area contributed by atoms with Gasteiger partial charge in [0.1, 0.15) is 0 Å². The van der Waals surface area contributed by atoms with E-state index in [0.29, 0.717) is 0 Å². The summed E-state index contributed by atoms with van der Waals surface area (Å²) in [6, 6.07) is 10.9. The average molecular weight is 856 g/mol. The maximum Gasteiger partial charge on any atom is 2.00 e. The Hall–Kier alpha value is -3.41. The normalized spacial score (nSPS) is 15.8. The van der Waals surface area contributed by atoms with Crippen LogP contribution in [0.25, 0.3) is 22.5 Å². The van der Waals surface area contributed by atoms with Crippen molar-refractivity contribution in [2.45, 2.75) is 63.2 Å². The molecule has 1 aliphatic heterocycles. The summed E-state index contributed by atoms with van der Waals surface area (Å²) in [5.41, 5.74) is -16.2. The molecule has 2 aromatic heterocycles. The molecule has 2 nitrogen and oxygen atoms in total. The van der Waals surface area contributed by atoms with E-state index in [9.17, 15) is 52.7 Å². The van der Waals surface area contributed by atoms with Crippen molar-refractivity contribution in [1.29, 1.82) is 0 Å². The molecule has 0 fully saturated rings. The van der Waals surface area contributed by atoms with E-state index in [0.717, 1.165) is 64.1 Å². The molecule has 1 aliphatic rings. The molecule has 252 valence electrons. The second-order valence-corrected chi connectivity index (χ2v) is 11.8. The van der Waals surface area contributed by atoms with Crippen LogP contribution in [0.15, 0.2) is 48.5 Å². The fraction of sp³-hybridized carbons (Fsp3) is 0.312. The van der Waals surface area contributed by atoms with Gasteiger partial charge in [-0.2, -0.15) is 52.7 Å². The SMILES string of the molecule is CC1(C)c2cccc(n2)-c2[c-]c(c(C(F)(F)F)cc2C(F)(F)F)C(C)(C)c2cccc(n2)-c2[c-]c1c(C(F)(F)F)cc2C(F)(F)F.[Pt+2]. The van der Waals surface area contributed by atoms with Crippen LogP contribution in [0, 0.1) is 12.1 Å². The van der Waals surface area contributed by atoms with Crippen LogP contribution in [0.5, 0.6) is 0 Å². The third kappa shape index (κ3) is 6.41. The van der Waals surface area contributed by atoms with Gasteiger partial charge in [0, 0.05) is 22.2 Å². The summed E-state index contributed by atoms with van der Waals surface area (Å²) >= 11 is 0. The Morgan fingerprint density at radius 2 is 0.787 bits per heavy atom. The van der Waals surface area contributed by atoms with Crippen LogP contribution in [-0.2, 0) is 56.6 Å². The molecule has 0 unspecified atom stereocenters. The molecule has 0 N–H and O–H groups in total. The first kappa shape index (κ1) is 36.4. The molecule has 0 atom stereocenters. The molecule has 0 amide bonds. The Morgan fingerprint density at radius 1 is 0.489 bits per heavy atom. The number of pyridine rings is 2. The number of rotatable bonds is 0. The number of nitrogens with zero attached hydrogens (tertiary/aromatic N) is 2. The first-order valence-electron chi connectivity index (χ1n) is 13.3. The van der Waals surface area contributed by atoms with Gasteiger partial charge in [-0.05, 0) is 45.8 Å². The van der Waals surface area contributed by atoms with Gasteiger partial charge in [0.2, 0.25) is 0 Å². The van der Waals surface area contributed by atoms with E-state index in [1.807, 2.05) is 0 Å². The molecule has 15 heteroatoms. The Bertz CT molecular complexity index is 1710. The number of halogens is 12. The predicted octanol–water partition coefficient (Wildman–Crippen LogP) is 10.4. The second-order valence-electron chi connectivity index (χ2n) is 11.8. The van der Waals surface area contributed by atoms with Crippen LogP contribution in [0.3, 0.4) is 0 Å². The molecule has 0 radical (unpaired) electrons. The van der Waals surface area contributed by atoms with Crippen LogP contribution in [-0.4, -0.2) is 9.97 Å². The van der Waals surface area contributed by atoms with Crippen molar-refractivity contribution in [2.24, 2.45) is 0 Å². The zero-order valence-electron chi connectivity index (χ0n) is 24.4. The van der Waals surface area contributed by atoms with Crippen molar-refractivity contribution in [3.05, 3.63) is 105 Å². The summed E-state index contributed by atoms with van der Waals surface area (Å²) in [7, 11) is 0. The van der Waals surface area contributed by atoms with Gasteiger partial charge in [0.25, 0.3) is 0 Å². The Balaban J connectivity index is 0.00000500. The van der Waals surface area contributed by atoms with E-state index in [-0.39, 0.29) is 44.6 Å². The van der Waals surface area contributed by atoms with Crippen LogP contribution in [0.2, 0.25) is 0 Å². The topological polar surface area (TPSA) is 25.8 Å². The van der Waals surface area contributed by atoms with E-state index in [4.69, 9.17) is 0 Å². The molecule has 0 saturated heterocycles. The van der Waals surface area contributed by atoms with Crippen molar-refractivity contribution in [1.82, 2.24) is 9.97 Å². The molecule has 2 aromatic carbocycles. The van der Waals surface area contributed by atoms with Crippen LogP contribution in [0.4, 0.5) is 52.7 Å². The molecule has 3 heterocycles. The molecule has 4 aromatic rings. The minimum absolute atomic E-state index is 0. The first-order valence-corrected chi connectivity index (χ1v) is 13.3. The van der Waals surface area contributed by atoms with Crippen LogP contribution in [0.1, 0.15) is 72.5 Å². The van der Waals surface area contributed by atoms with E-state index < -0.39 is 91.4 Å². The number of fused-ring (bicyclic) bond motifs is 10. The van der Waals surface area contributed by atoms with Gasteiger partial charge < -0.3 is 9.97 Å². The van der Waals surface area contributed by atoms with E-state index in [2.05, 4.69) is 22.1 Å². The van der Waals surface area contributed by atoms with E-state index in [1.165, 1.54) is 0 Å². The Morgan fingerprint density at radius 3 is 1.06 bits per heavy atom. The van der Waals surface area contributed by atoms with Crippen molar-refractivity contribution in [3.8, 4) is 22.5 Å². The summed E-state index contributed by atoms with van der Waals surface area (Å²) < 4.78 is 172. The largest absolute Gasteiger partial charge is 2.00 e. The smallest absolute Gasteiger partial charge is 0.300 e. The molecule has 0 aliphatic carbocycles. The van der Waals surface area contributed by atoms with Gasteiger partial charge in [-0.1, -0.05) is 52.0 Å². The molecule has 0 spiro atoms. The predicted molar refractivity (Wildman–Crippen MR) is 141 cm³/mol. The molecule has 0 saturated carbocycles. The van der Waals surface area contributed by atoms with Gasteiger partial charge in [-0.15, -0.1) is 46.5 Å². The third-order valence-corrected chi connectivity index (χ3v) is 7.92. The zero-order valence-corrected chi connectivity index (χ0v) is 26.6. The van der Waals surface area contributed by atoms with Crippen LogP contribution < -0.4 is 0 Å². The average Bonchev–Trinajstić information content (AvgIpc) is 2.93. The van der Waals surface area contributed by atoms with Crippen molar-refractivity contribution < 1.29 is 73.8 Å². The Kier molecular flexibility index (Phi) is 8.79. The van der Waals surface area contributed by atoms with Crippen LogP contribution >= 0.6 is 0 Å². The maximum atomic E-state index is 14.4. The Labute approximate surface area is 274 Å². The summed E-state index contributed by atoms with van der Waals surface area (Å²) in [5, 5.41) is 0. The second kappa shape index (κ2) is 11.3. The molecular formula is C32H20F12N2Pt. The number of benzene rings is 2. The molecule has 47 heavy (non-hydrogen) atoms. The minimum Gasteiger partial charge on any atom is -0.300 e. The molecule has 5 rings (SSSR count). The number of hydrogen-bond acceptors (Lipinski definition) is 2. The molecular weight excluding hydrogens is 835 g/mol. The number of alkyl halides is 12. The minimum atomic E-state index is -5.36.